The van der Waals surface area contributed by atoms with E-state index in [0.717, 1.165) is 28.1 Å². The summed E-state index contributed by atoms with van der Waals surface area (Å²) in [7, 11) is 0. The molecule has 0 spiro atoms. The summed E-state index contributed by atoms with van der Waals surface area (Å²) in [5, 5.41) is 0. The monoisotopic (exact) mass is 224 g/mol. The van der Waals surface area contributed by atoms with Gasteiger partial charge in [0.05, 0.1) is 0 Å². The van der Waals surface area contributed by atoms with E-state index in [2.05, 4.69) is 0 Å². The van der Waals surface area contributed by atoms with Crippen molar-refractivity contribution < 1.29 is 0 Å². The molecule has 2 aromatic rings. The summed E-state index contributed by atoms with van der Waals surface area (Å²) >= 11 is 0. The minimum Gasteiger partial charge on any atom is -0.398 e. The molecular weight excluding hydrogens is 208 g/mol. The van der Waals surface area contributed by atoms with Gasteiger partial charge >= 0.3 is 0 Å². The van der Waals surface area contributed by atoms with Crippen molar-refractivity contribution in [3.8, 4) is 0 Å². The number of anilines is 2. The predicted molar refractivity (Wildman–Crippen MR) is 74.5 cm³/mol. The second-order valence-electron chi connectivity index (χ2n) is 3.88. The molecule has 0 fully saturated rings. The summed E-state index contributed by atoms with van der Waals surface area (Å²) in [5.74, 6) is 0. The third kappa shape index (κ3) is 2.16. The van der Waals surface area contributed by atoms with E-state index in [9.17, 15) is 0 Å². The molecule has 4 N–H and O–H groups in total. The highest BCUT2D eigenvalue weighted by molar-refractivity contribution is 5.89. The molecule has 17 heavy (non-hydrogen) atoms. The number of benzene rings is 2. The van der Waals surface area contributed by atoms with Crippen LogP contribution in [0.2, 0.25) is 0 Å². The fourth-order valence-corrected chi connectivity index (χ4v) is 1.94. The Hall–Kier alpha value is -2.22. The first-order chi connectivity index (χ1) is 8.24. The molecule has 0 aliphatic carbocycles. The number of allylic oxidation sites excluding steroid dienone is 1. The molecule has 2 heteroatoms. The summed E-state index contributed by atoms with van der Waals surface area (Å²) in [6, 6.07) is 15.6. The molecule has 0 bridgehead atoms. The van der Waals surface area contributed by atoms with Gasteiger partial charge in [0, 0.05) is 22.5 Å². The van der Waals surface area contributed by atoms with Gasteiger partial charge < -0.3 is 11.5 Å². The Labute approximate surface area is 102 Å². The zero-order valence-corrected chi connectivity index (χ0v) is 9.85. The quantitative estimate of drug-likeness (QED) is 0.769. The molecule has 0 aliphatic rings. The van der Waals surface area contributed by atoms with Crippen LogP contribution in [0, 0.1) is 0 Å². The van der Waals surface area contributed by atoms with Crippen molar-refractivity contribution >= 4 is 16.9 Å². The SMILES string of the molecule is CC=C(c1ccccc1N)c1ccccc1N. The molecular formula is C15H16N2. The van der Waals surface area contributed by atoms with E-state index in [1.807, 2.05) is 61.5 Å². The first kappa shape index (κ1) is 11.3. The smallest absolute Gasteiger partial charge is 0.0393 e. The Morgan fingerprint density at radius 2 is 1.24 bits per heavy atom. The number of para-hydroxylation sites is 2. The molecule has 0 saturated heterocycles. The van der Waals surface area contributed by atoms with E-state index >= 15 is 0 Å². The first-order valence-corrected chi connectivity index (χ1v) is 5.60. The molecule has 0 atom stereocenters. The molecule has 0 amide bonds. The van der Waals surface area contributed by atoms with E-state index in [1.165, 1.54) is 0 Å². The molecule has 2 rings (SSSR count). The Bertz CT molecular complexity index is 509. The Morgan fingerprint density at radius 3 is 1.59 bits per heavy atom. The van der Waals surface area contributed by atoms with Crippen molar-refractivity contribution in [2.75, 3.05) is 11.5 Å². The van der Waals surface area contributed by atoms with Crippen molar-refractivity contribution in [1.29, 1.82) is 0 Å². The summed E-state index contributed by atoms with van der Waals surface area (Å²) < 4.78 is 0. The standard InChI is InChI=1S/C15H16N2/c1-2-11(12-7-3-5-9-14(12)16)13-8-4-6-10-15(13)17/h2-10H,16-17H2,1H3. The Morgan fingerprint density at radius 1 is 0.824 bits per heavy atom. The fraction of sp³-hybridized carbons (Fsp3) is 0.0667. The minimum atomic E-state index is 0.767. The first-order valence-electron chi connectivity index (χ1n) is 5.60. The maximum Gasteiger partial charge on any atom is 0.0393 e. The zero-order chi connectivity index (χ0) is 12.3. The molecule has 0 radical (unpaired) electrons. The maximum atomic E-state index is 6.00. The van der Waals surface area contributed by atoms with Gasteiger partial charge in [0.2, 0.25) is 0 Å². The molecule has 0 aliphatic heterocycles. The minimum absolute atomic E-state index is 0.767. The fourth-order valence-electron chi connectivity index (χ4n) is 1.94. The van der Waals surface area contributed by atoms with Crippen LogP contribution in [0.15, 0.2) is 54.6 Å². The summed E-state index contributed by atoms with van der Waals surface area (Å²) in [6.07, 6.45) is 2.04. The van der Waals surface area contributed by atoms with Crippen LogP contribution < -0.4 is 11.5 Å². The highest BCUT2D eigenvalue weighted by atomic mass is 14.6. The van der Waals surface area contributed by atoms with Crippen molar-refractivity contribution in [2.45, 2.75) is 6.92 Å². The van der Waals surface area contributed by atoms with Crippen LogP contribution in [-0.4, -0.2) is 0 Å². The summed E-state index contributed by atoms with van der Waals surface area (Å²) in [5.41, 5.74) is 16.7. The Kier molecular flexibility index (Phi) is 3.15. The second-order valence-corrected chi connectivity index (χ2v) is 3.88. The predicted octanol–water partition coefficient (Wildman–Crippen LogP) is 3.30. The topological polar surface area (TPSA) is 52.0 Å². The summed E-state index contributed by atoms with van der Waals surface area (Å²) in [4.78, 5) is 0. The molecule has 2 aromatic carbocycles. The third-order valence-electron chi connectivity index (χ3n) is 2.79. The molecule has 2 nitrogen and oxygen atoms in total. The average molecular weight is 224 g/mol. The zero-order valence-electron chi connectivity index (χ0n) is 9.85. The van der Waals surface area contributed by atoms with E-state index in [4.69, 9.17) is 11.5 Å². The summed E-state index contributed by atoms with van der Waals surface area (Å²) in [6.45, 7) is 1.99. The van der Waals surface area contributed by atoms with Crippen LogP contribution in [0.1, 0.15) is 18.1 Å². The third-order valence-corrected chi connectivity index (χ3v) is 2.79. The van der Waals surface area contributed by atoms with Gasteiger partial charge in [0.1, 0.15) is 0 Å². The lowest BCUT2D eigenvalue weighted by Gasteiger charge is -2.12. The number of nitrogens with two attached hydrogens (primary N) is 2. The van der Waals surface area contributed by atoms with Crippen LogP contribution in [0.3, 0.4) is 0 Å². The second kappa shape index (κ2) is 4.74. The number of nitrogen functional groups attached to an aromatic ring is 2. The lowest BCUT2D eigenvalue weighted by Crippen LogP contribution is -1.98. The molecule has 0 aromatic heterocycles. The average Bonchev–Trinajstić information content (AvgIpc) is 2.34. The van der Waals surface area contributed by atoms with E-state index in [1.54, 1.807) is 0 Å². The van der Waals surface area contributed by atoms with Gasteiger partial charge in [-0.1, -0.05) is 42.5 Å². The van der Waals surface area contributed by atoms with Crippen LogP contribution >= 0.6 is 0 Å². The van der Waals surface area contributed by atoms with Gasteiger partial charge in [-0.05, 0) is 24.6 Å². The Balaban J connectivity index is 2.57. The maximum absolute atomic E-state index is 6.00. The van der Waals surface area contributed by atoms with Gasteiger partial charge in [-0.25, -0.2) is 0 Å². The normalized spacial score (nSPS) is 9.94. The van der Waals surface area contributed by atoms with Gasteiger partial charge in [0.25, 0.3) is 0 Å². The van der Waals surface area contributed by atoms with Crippen molar-refractivity contribution in [3.05, 3.63) is 65.7 Å². The lowest BCUT2D eigenvalue weighted by molar-refractivity contribution is 1.52. The van der Waals surface area contributed by atoms with E-state index < -0.39 is 0 Å². The number of rotatable bonds is 2. The van der Waals surface area contributed by atoms with Crippen molar-refractivity contribution in [2.24, 2.45) is 0 Å². The van der Waals surface area contributed by atoms with Crippen molar-refractivity contribution in [1.82, 2.24) is 0 Å². The number of hydrogen-bond donors (Lipinski definition) is 2. The van der Waals surface area contributed by atoms with Gasteiger partial charge in [0.15, 0.2) is 0 Å². The van der Waals surface area contributed by atoms with Gasteiger partial charge in [-0.3, -0.25) is 0 Å². The van der Waals surface area contributed by atoms with Crippen LogP contribution in [-0.2, 0) is 0 Å². The molecule has 0 heterocycles. The van der Waals surface area contributed by atoms with Crippen LogP contribution in [0.5, 0.6) is 0 Å². The molecule has 0 saturated carbocycles. The highest BCUT2D eigenvalue weighted by Gasteiger charge is 2.09. The van der Waals surface area contributed by atoms with E-state index in [0.29, 0.717) is 0 Å². The van der Waals surface area contributed by atoms with E-state index in [-0.39, 0.29) is 0 Å². The molecule has 86 valence electrons. The molecule has 0 unspecified atom stereocenters. The van der Waals surface area contributed by atoms with Crippen LogP contribution in [0.4, 0.5) is 11.4 Å². The van der Waals surface area contributed by atoms with Gasteiger partial charge in [-0.15, -0.1) is 0 Å². The van der Waals surface area contributed by atoms with Crippen LogP contribution in [0.25, 0.3) is 5.57 Å². The highest BCUT2D eigenvalue weighted by Crippen LogP contribution is 2.30. The van der Waals surface area contributed by atoms with Crippen molar-refractivity contribution in [3.63, 3.8) is 0 Å². The van der Waals surface area contributed by atoms with Gasteiger partial charge in [-0.2, -0.15) is 0 Å². The number of hydrogen-bond acceptors (Lipinski definition) is 2. The lowest BCUT2D eigenvalue weighted by atomic mass is 9.95. The largest absolute Gasteiger partial charge is 0.398 e.